The first-order valence-corrected chi connectivity index (χ1v) is 8.26. The summed E-state index contributed by atoms with van der Waals surface area (Å²) in [5.74, 6) is 0. The molecule has 2 rings (SSSR count). The molecule has 1 N–H and O–H groups in total. The topological polar surface area (TPSA) is 32.3 Å². The molecule has 1 aromatic carbocycles. The van der Waals surface area contributed by atoms with Gasteiger partial charge < -0.3 is 10.2 Å². The van der Waals surface area contributed by atoms with Crippen molar-refractivity contribution in [3.63, 3.8) is 0 Å². The van der Waals surface area contributed by atoms with Gasteiger partial charge in [0.05, 0.1) is 0 Å². The molecule has 1 aliphatic rings. The third-order valence-corrected chi connectivity index (χ3v) is 4.50. The fourth-order valence-electron chi connectivity index (χ4n) is 3.19. The Kier molecular flexibility index (Phi) is 6.74. The van der Waals surface area contributed by atoms with Gasteiger partial charge in [-0.3, -0.25) is 4.79 Å². The summed E-state index contributed by atoms with van der Waals surface area (Å²) in [6.45, 7) is 5.36. The number of hydrogen-bond acceptors (Lipinski definition) is 2. The number of carbonyl (C=O) groups is 1. The lowest BCUT2D eigenvalue weighted by Crippen LogP contribution is -2.41. The number of aryl methyl sites for hydroxylation is 2. The number of piperidine rings is 1. The van der Waals surface area contributed by atoms with Crippen LogP contribution in [0.4, 0.5) is 0 Å². The van der Waals surface area contributed by atoms with E-state index in [1.165, 1.54) is 49.9 Å². The second kappa shape index (κ2) is 8.83. The summed E-state index contributed by atoms with van der Waals surface area (Å²) >= 11 is 0. The van der Waals surface area contributed by atoms with E-state index in [4.69, 9.17) is 0 Å². The molecule has 0 bridgehead atoms. The zero-order valence-corrected chi connectivity index (χ0v) is 13.2. The van der Waals surface area contributed by atoms with Gasteiger partial charge in [-0.1, -0.05) is 36.2 Å². The molecule has 1 aliphatic heterocycles. The highest BCUT2D eigenvalue weighted by molar-refractivity contribution is 5.45. The van der Waals surface area contributed by atoms with Crippen molar-refractivity contribution in [3.05, 3.63) is 35.4 Å². The maximum Gasteiger partial charge on any atom is 0.207 e. The molecular formula is C18H28N2O. The van der Waals surface area contributed by atoms with E-state index < -0.39 is 0 Å². The Bertz CT molecular complexity index is 410. The molecule has 1 amide bonds. The zero-order valence-electron chi connectivity index (χ0n) is 13.2. The molecule has 1 aromatic rings. The molecule has 0 aliphatic carbocycles. The number of hydrogen-bond donors (Lipinski definition) is 1. The minimum atomic E-state index is 0.596. The lowest BCUT2D eigenvalue weighted by atomic mass is 9.98. The molecule has 1 unspecified atom stereocenters. The van der Waals surface area contributed by atoms with Crippen LogP contribution in [-0.4, -0.2) is 37.0 Å². The number of rotatable bonds is 8. The summed E-state index contributed by atoms with van der Waals surface area (Å²) in [6, 6.07) is 9.47. The van der Waals surface area contributed by atoms with Gasteiger partial charge in [-0.25, -0.2) is 0 Å². The van der Waals surface area contributed by atoms with Crippen molar-refractivity contribution in [1.29, 1.82) is 0 Å². The fraction of sp³-hybridized carbons (Fsp3) is 0.611. The largest absolute Gasteiger partial charge is 0.359 e. The lowest BCUT2D eigenvalue weighted by Gasteiger charge is -2.34. The second-order valence-electron chi connectivity index (χ2n) is 6.14. The Labute approximate surface area is 128 Å². The highest BCUT2D eigenvalue weighted by Gasteiger charge is 2.20. The van der Waals surface area contributed by atoms with Gasteiger partial charge in [-0.2, -0.15) is 0 Å². The van der Waals surface area contributed by atoms with Gasteiger partial charge in [0.1, 0.15) is 0 Å². The highest BCUT2D eigenvalue weighted by atomic mass is 16.1. The van der Waals surface area contributed by atoms with E-state index in [-0.39, 0.29) is 0 Å². The van der Waals surface area contributed by atoms with Gasteiger partial charge in [-0.05, 0) is 57.7 Å². The van der Waals surface area contributed by atoms with E-state index in [1.54, 1.807) is 0 Å². The second-order valence-corrected chi connectivity index (χ2v) is 6.14. The van der Waals surface area contributed by atoms with Crippen molar-refractivity contribution in [2.24, 2.45) is 0 Å². The minimum Gasteiger partial charge on any atom is -0.359 e. The summed E-state index contributed by atoms with van der Waals surface area (Å²) in [4.78, 5) is 13.1. The van der Waals surface area contributed by atoms with Gasteiger partial charge in [0, 0.05) is 12.6 Å². The average Bonchev–Trinajstić information content (AvgIpc) is 2.53. The van der Waals surface area contributed by atoms with E-state index in [2.05, 4.69) is 41.4 Å². The summed E-state index contributed by atoms with van der Waals surface area (Å²) in [6.07, 6.45) is 8.20. The van der Waals surface area contributed by atoms with Crippen LogP contribution in [0.25, 0.3) is 0 Å². The van der Waals surface area contributed by atoms with Crippen molar-refractivity contribution >= 4 is 6.41 Å². The molecule has 1 atom stereocenters. The van der Waals surface area contributed by atoms with E-state index in [0.717, 1.165) is 25.8 Å². The number of carbonyl (C=O) groups excluding carboxylic acids is 1. The Morgan fingerprint density at radius 1 is 1.14 bits per heavy atom. The molecule has 116 valence electrons. The van der Waals surface area contributed by atoms with Crippen LogP contribution < -0.4 is 5.32 Å². The SMILES string of the molecule is Cc1ccc(CCC(CCNC=O)N2CCCCC2)cc1. The molecule has 1 saturated heterocycles. The highest BCUT2D eigenvalue weighted by Crippen LogP contribution is 2.18. The van der Waals surface area contributed by atoms with Crippen molar-refractivity contribution in [3.8, 4) is 0 Å². The van der Waals surface area contributed by atoms with Gasteiger partial charge in [-0.15, -0.1) is 0 Å². The number of amides is 1. The Morgan fingerprint density at radius 3 is 2.52 bits per heavy atom. The summed E-state index contributed by atoms with van der Waals surface area (Å²) in [5, 5.41) is 2.82. The number of nitrogens with one attached hydrogen (secondary N) is 1. The third-order valence-electron chi connectivity index (χ3n) is 4.50. The Morgan fingerprint density at radius 2 is 1.86 bits per heavy atom. The van der Waals surface area contributed by atoms with Crippen LogP contribution in [0.1, 0.15) is 43.2 Å². The van der Waals surface area contributed by atoms with Crippen LogP contribution in [0.15, 0.2) is 24.3 Å². The average molecular weight is 288 g/mol. The van der Waals surface area contributed by atoms with E-state index >= 15 is 0 Å². The van der Waals surface area contributed by atoms with Gasteiger partial charge in [0.15, 0.2) is 0 Å². The van der Waals surface area contributed by atoms with E-state index in [9.17, 15) is 4.79 Å². The minimum absolute atomic E-state index is 0.596. The third kappa shape index (κ3) is 5.50. The smallest absolute Gasteiger partial charge is 0.207 e. The van der Waals surface area contributed by atoms with Crippen molar-refractivity contribution in [1.82, 2.24) is 10.2 Å². The normalized spacial score (nSPS) is 17.4. The molecule has 1 fully saturated rings. The molecule has 0 spiro atoms. The Hall–Kier alpha value is -1.35. The molecule has 0 radical (unpaired) electrons. The quantitative estimate of drug-likeness (QED) is 0.589. The summed E-state index contributed by atoms with van der Waals surface area (Å²) < 4.78 is 0. The molecule has 21 heavy (non-hydrogen) atoms. The van der Waals surface area contributed by atoms with Gasteiger partial charge in [0.25, 0.3) is 0 Å². The molecule has 0 aromatic heterocycles. The van der Waals surface area contributed by atoms with Crippen molar-refractivity contribution < 1.29 is 4.79 Å². The van der Waals surface area contributed by atoms with Gasteiger partial charge in [0.2, 0.25) is 6.41 Å². The van der Waals surface area contributed by atoms with Crippen LogP contribution >= 0.6 is 0 Å². The van der Waals surface area contributed by atoms with Crippen LogP contribution in [0, 0.1) is 6.92 Å². The van der Waals surface area contributed by atoms with Crippen molar-refractivity contribution in [2.75, 3.05) is 19.6 Å². The van der Waals surface area contributed by atoms with Crippen LogP contribution in [0.2, 0.25) is 0 Å². The standard InChI is InChI=1S/C18H28N2O/c1-16-5-7-17(8-6-16)9-10-18(11-12-19-15-21)20-13-3-2-4-14-20/h5-8,15,18H,2-4,9-14H2,1H3,(H,19,21). The number of nitrogens with zero attached hydrogens (tertiary/aromatic N) is 1. The number of likely N-dealkylation sites (tertiary alicyclic amines) is 1. The van der Waals surface area contributed by atoms with E-state index in [1.807, 2.05) is 0 Å². The fourth-order valence-corrected chi connectivity index (χ4v) is 3.19. The molecular weight excluding hydrogens is 260 g/mol. The predicted octanol–water partition coefficient (Wildman–Crippen LogP) is 2.92. The monoisotopic (exact) mass is 288 g/mol. The first-order valence-electron chi connectivity index (χ1n) is 8.26. The van der Waals surface area contributed by atoms with Crippen LogP contribution in [0.3, 0.4) is 0 Å². The predicted molar refractivity (Wildman–Crippen MR) is 87.4 cm³/mol. The van der Waals surface area contributed by atoms with Crippen LogP contribution in [-0.2, 0) is 11.2 Å². The first kappa shape index (κ1) is 16.0. The zero-order chi connectivity index (χ0) is 14.9. The van der Waals surface area contributed by atoms with Gasteiger partial charge >= 0.3 is 0 Å². The summed E-state index contributed by atoms with van der Waals surface area (Å²) in [5.41, 5.74) is 2.74. The summed E-state index contributed by atoms with van der Waals surface area (Å²) in [7, 11) is 0. The maximum absolute atomic E-state index is 10.4. The molecule has 1 heterocycles. The van der Waals surface area contributed by atoms with Crippen molar-refractivity contribution in [2.45, 2.75) is 51.5 Å². The lowest BCUT2D eigenvalue weighted by molar-refractivity contribution is -0.109. The molecule has 0 saturated carbocycles. The number of benzene rings is 1. The molecule has 3 nitrogen and oxygen atoms in total. The Balaban J connectivity index is 1.87. The first-order chi connectivity index (χ1) is 10.3. The van der Waals surface area contributed by atoms with E-state index in [0.29, 0.717) is 6.04 Å². The maximum atomic E-state index is 10.4. The van der Waals surface area contributed by atoms with Crippen LogP contribution in [0.5, 0.6) is 0 Å². The molecule has 3 heteroatoms.